The normalized spacial score (nSPS) is 19.5. The van der Waals surface area contributed by atoms with E-state index in [0.717, 1.165) is 43.4 Å². The predicted molar refractivity (Wildman–Crippen MR) is 87.3 cm³/mol. The van der Waals surface area contributed by atoms with E-state index < -0.39 is 0 Å². The lowest BCUT2D eigenvalue weighted by Gasteiger charge is -2.31. The molecule has 0 bridgehead atoms. The molecule has 5 heteroatoms. The molecule has 0 amide bonds. The Morgan fingerprint density at radius 2 is 2.17 bits per heavy atom. The highest BCUT2D eigenvalue weighted by atomic mass is 16.5. The number of pyridine rings is 1. The van der Waals surface area contributed by atoms with Gasteiger partial charge in [-0.25, -0.2) is 4.98 Å². The smallest absolute Gasteiger partial charge is 0.139 e. The van der Waals surface area contributed by atoms with Crippen LogP contribution in [-0.2, 0) is 11.3 Å². The number of aryl methyl sites for hydroxylation is 2. The summed E-state index contributed by atoms with van der Waals surface area (Å²) in [7, 11) is 0. The molecule has 0 saturated carbocycles. The molecule has 0 unspecified atom stereocenters. The van der Waals surface area contributed by atoms with E-state index in [9.17, 15) is 0 Å². The van der Waals surface area contributed by atoms with E-state index in [1.807, 2.05) is 25.3 Å². The highest BCUT2D eigenvalue weighted by Crippen LogP contribution is 2.25. The molecule has 1 saturated heterocycles. The van der Waals surface area contributed by atoms with Gasteiger partial charge in [-0.2, -0.15) is 0 Å². The summed E-state index contributed by atoms with van der Waals surface area (Å²) >= 11 is 0. The molecular weight excluding hydrogens is 290 g/mol. The van der Waals surface area contributed by atoms with E-state index in [0.29, 0.717) is 0 Å². The summed E-state index contributed by atoms with van der Waals surface area (Å²) < 4.78 is 13.8. The molecule has 1 atom stereocenters. The van der Waals surface area contributed by atoms with Crippen molar-refractivity contribution in [3.8, 4) is 0 Å². The number of furan rings is 1. The molecule has 4 heterocycles. The molecule has 23 heavy (non-hydrogen) atoms. The Kier molecular flexibility index (Phi) is 3.67. The Hall–Kier alpha value is -2.11. The monoisotopic (exact) mass is 311 g/mol. The van der Waals surface area contributed by atoms with Gasteiger partial charge in [0, 0.05) is 25.8 Å². The van der Waals surface area contributed by atoms with Gasteiger partial charge in [-0.05, 0) is 37.6 Å². The van der Waals surface area contributed by atoms with Crippen LogP contribution in [0.1, 0.15) is 28.9 Å². The number of nitrogens with zero attached hydrogens (tertiary/aromatic N) is 3. The minimum absolute atomic E-state index is 0.0124. The van der Waals surface area contributed by atoms with Crippen molar-refractivity contribution < 1.29 is 9.15 Å². The first-order valence-corrected chi connectivity index (χ1v) is 8.02. The zero-order valence-electron chi connectivity index (χ0n) is 13.5. The molecule has 4 rings (SSSR count). The molecular formula is C18H21N3O2. The Labute approximate surface area is 135 Å². The first-order valence-electron chi connectivity index (χ1n) is 8.02. The van der Waals surface area contributed by atoms with Crippen LogP contribution in [0.3, 0.4) is 0 Å². The standard InChI is InChI=1S/C18H21N3O2/c1-13-4-3-7-21-15(10-19-18(13)21)11-20-8-9-22-17(12-20)16-6-5-14(2)23-16/h3-7,10,17H,8-9,11-12H2,1-2H3/t17-/m1/s1. The zero-order chi connectivity index (χ0) is 15.8. The van der Waals surface area contributed by atoms with Gasteiger partial charge in [0.25, 0.3) is 0 Å². The van der Waals surface area contributed by atoms with Gasteiger partial charge < -0.3 is 13.6 Å². The van der Waals surface area contributed by atoms with Gasteiger partial charge in [-0.1, -0.05) is 6.07 Å². The third-order valence-electron chi connectivity index (χ3n) is 4.42. The Morgan fingerprint density at radius 1 is 1.26 bits per heavy atom. The Morgan fingerprint density at radius 3 is 3.00 bits per heavy atom. The maximum atomic E-state index is 5.88. The van der Waals surface area contributed by atoms with Crippen molar-refractivity contribution in [1.82, 2.24) is 14.3 Å². The number of rotatable bonds is 3. The molecule has 0 N–H and O–H groups in total. The van der Waals surface area contributed by atoms with Crippen LogP contribution in [0.15, 0.2) is 41.1 Å². The van der Waals surface area contributed by atoms with Crippen LogP contribution in [0.2, 0.25) is 0 Å². The van der Waals surface area contributed by atoms with Gasteiger partial charge in [0.05, 0.1) is 18.5 Å². The van der Waals surface area contributed by atoms with Crippen LogP contribution in [0.4, 0.5) is 0 Å². The van der Waals surface area contributed by atoms with Gasteiger partial charge >= 0.3 is 0 Å². The van der Waals surface area contributed by atoms with Gasteiger partial charge in [-0.3, -0.25) is 4.90 Å². The second-order valence-electron chi connectivity index (χ2n) is 6.18. The largest absolute Gasteiger partial charge is 0.464 e. The lowest BCUT2D eigenvalue weighted by Crippen LogP contribution is -2.37. The van der Waals surface area contributed by atoms with Crippen molar-refractivity contribution in [3.05, 3.63) is 59.4 Å². The second-order valence-corrected chi connectivity index (χ2v) is 6.18. The molecule has 3 aromatic rings. The van der Waals surface area contributed by atoms with Crippen molar-refractivity contribution in [1.29, 1.82) is 0 Å². The maximum Gasteiger partial charge on any atom is 0.139 e. The lowest BCUT2D eigenvalue weighted by atomic mass is 10.2. The number of hydrogen-bond acceptors (Lipinski definition) is 4. The van der Waals surface area contributed by atoms with Crippen LogP contribution < -0.4 is 0 Å². The highest BCUT2D eigenvalue weighted by Gasteiger charge is 2.25. The third-order valence-corrected chi connectivity index (χ3v) is 4.42. The molecule has 5 nitrogen and oxygen atoms in total. The highest BCUT2D eigenvalue weighted by molar-refractivity contribution is 5.48. The fraction of sp³-hybridized carbons (Fsp3) is 0.389. The number of hydrogen-bond donors (Lipinski definition) is 0. The van der Waals surface area contributed by atoms with Crippen LogP contribution in [-0.4, -0.2) is 34.0 Å². The second kappa shape index (κ2) is 5.83. The van der Waals surface area contributed by atoms with Crippen molar-refractivity contribution in [2.75, 3.05) is 19.7 Å². The van der Waals surface area contributed by atoms with Crippen LogP contribution in [0.5, 0.6) is 0 Å². The quantitative estimate of drug-likeness (QED) is 0.745. The SMILES string of the molecule is Cc1ccc([C@H]2CN(Cc3cnc4c(C)cccn34)CCO2)o1. The summed E-state index contributed by atoms with van der Waals surface area (Å²) in [6.07, 6.45) is 4.07. The number of imidazole rings is 1. The third kappa shape index (κ3) is 2.78. The van der Waals surface area contributed by atoms with Crippen LogP contribution >= 0.6 is 0 Å². The van der Waals surface area contributed by atoms with E-state index in [1.165, 1.54) is 11.3 Å². The first-order chi connectivity index (χ1) is 11.2. The van der Waals surface area contributed by atoms with Crippen molar-refractivity contribution in [2.45, 2.75) is 26.5 Å². The Bertz CT molecular complexity index is 821. The summed E-state index contributed by atoms with van der Waals surface area (Å²) in [5, 5.41) is 0. The molecule has 3 aromatic heterocycles. The number of ether oxygens (including phenoxy) is 1. The number of fused-ring (bicyclic) bond motifs is 1. The van der Waals surface area contributed by atoms with E-state index in [2.05, 4.69) is 39.5 Å². The summed E-state index contributed by atoms with van der Waals surface area (Å²) in [4.78, 5) is 6.95. The van der Waals surface area contributed by atoms with E-state index >= 15 is 0 Å². The Balaban J connectivity index is 1.52. The molecule has 1 aliphatic heterocycles. The number of aromatic nitrogens is 2. The average molecular weight is 311 g/mol. The predicted octanol–water partition coefficient (Wildman–Crippen LogP) is 3.12. The van der Waals surface area contributed by atoms with Crippen LogP contribution in [0.25, 0.3) is 5.65 Å². The van der Waals surface area contributed by atoms with Crippen molar-refractivity contribution in [2.24, 2.45) is 0 Å². The maximum absolute atomic E-state index is 5.88. The minimum atomic E-state index is 0.0124. The van der Waals surface area contributed by atoms with Gasteiger partial charge in [-0.15, -0.1) is 0 Å². The summed E-state index contributed by atoms with van der Waals surface area (Å²) in [6.45, 7) is 7.41. The van der Waals surface area contributed by atoms with Gasteiger partial charge in [0.15, 0.2) is 0 Å². The topological polar surface area (TPSA) is 42.9 Å². The summed E-state index contributed by atoms with van der Waals surface area (Å²) in [6, 6.07) is 8.17. The summed E-state index contributed by atoms with van der Waals surface area (Å²) in [5.74, 6) is 1.85. The van der Waals surface area contributed by atoms with Crippen LogP contribution in [0, 0.1) is 13.8 Å². The zero-order valence-corrected chi connectivity index (χ0v) is 13.5. The van der Waals surface area contributed by atoms with E-state index in [-0.39, 0.29) is 6.10 Å². The summed E-state index contributed by atoms with van der Waals surface area (Å²) in [5.41, 5.74) is 3.44. The molecule has 0 aromatic carbocycles. The molecule has 0 radical (unpaired) electrons. The first kappa shape index (κ1) is 14.5. The van der Waals surface area contributed by atoms with E-state index in [1.54, 1.807) is 0 Å². The van der Waals surface area contributed by atoms with Gasteiger partial charge in [0.1, 0.15) is 23.3 Å². The fourth-order valence-electron chi connectivity index (χ4n) is 3.19. The van der Waals surface area contributed by atoms with Gasteiger partial charge in [0.2, 0.25) is 0 Å². The fourth-order valence-corrected chi connectivity index (χ4v) is 3.19. The van der Waals surface area contributed by atoms with E-state index in [4.69, 9.17) is 9.15 Å². The van der Waals surface area contributed by atoms with Crippen molar-refractivity contribution >= 4 is 5.65 Å². The minimum Gasteiger partial charge on any atom is -0.464 e. The lowest BCUT2D eigenvalue weighted by molar-refractivity contribution is -0.0434. The molecule has 1 fully saturated rings. The molecule has 0 spiro atoms. The molecule has 120 valence electrons. The number of morpholine rings is 1. The molecule has 0 aliphatic carbocycles. The average Bonchev–Trinajstić information content (AvgIpc) is 3.16. The van der Waals surface area contributed by atoms with Crippen molar-refractivity contribution in [3.63, 3.8) is 0 Å². The molecule has 1 aliphatic rings.